The van der Waals surface area contributed by atoms with Crippen molar-refractivity contribution in [1.29, 1.82) is 0 Å². The number of aromatic nitrogens is 4. The molecule has 0 saturated heterocycles. The standard InChI is InChI=1S/C21H20ClFN6O2S2/c1-13(2)20-25-26-21(32-20)28-33(30,31)18-8-7-16(11-17(18)23)24-19-9-10-29(27-19)12-14-3-5-15(22)6-4-14/h3-11,13H,12H2,1-2H3,(H,24,27)(H,26,28). The van der Waals surface area contributed by atoms with Gasteiger partial charge in [-0.15, -0.1) is 10.2 Å². The molecule has 0 aliphatic carbocycles. The van der Waals surface area contributed by atoms with Crippen LogP contribution in [0, 0.1) is 5.82 Å². The maximum absolute atomic E-state index is 14.7. The molecule has 33 heavy (non-hydrogen) atoms. The number of nitrogens with one attached hydrogen (secondary N) is 2. The lowest BCUT2D eigenvalue weighted by Crippen LogP contribution is -2.14. The van der Waals surface area contributed by atoms with Gasteiger partial charge in [-0.05, 0) is 35.9 Å². The first-order chi connectivity index (χ1) is 15.7. The van der Waals surface area contributed by atoms with Crippen molar-refractivity contribution in [2.75, 3.05) is 10.0 Å². The third-order valence-corrected chi connectivity index (χ3v) is 7.44. The summed E-state index contributed by atoms with van der Waals surface area (Å²) in [6.45, 7) is 4.38. The van der Waals surface area contributed by atoms with Crippen LogP contribution in [0.2, 0.25) is 5.02 Å². The molecule has 2 aromatic heterocycles. The molecule has 0 fully saturated rings. The van der Waals surface area contributed by atoms with E-state index in [9.17, 15) is 12.8 Å². The quantitative estimate of drug-likeness (QED) is 0.338. The molecular weight excluding hydrogens is 487 g/mol. The number of hydrogen-bond donors (Lipinski definition) is 2. The Kier molecular flexibility index (Phi) is 6.63. The Balaban J connectivity index is 1.45. The second-order valence-corrected chi connectivity index (χ2v) is 10.6. The first-order valence-corrected chi connectivity index (χ1v) is 12.6. The lowest BCUT2D eigenvalue weighted by Gasteiger charge is -2.08. The normalized spacial score (nSPS) is 11.7. The molecule has 2 N–H and O–H groups in total. The summed E-state index contributed by atoms with van der Waals surface area (Å²) in [5.41, 5.74) is 1.39. The van der Waals surface area contributed by atoms with Crippen LogP contribution >= 0.6 is 22.9 Å². The van der Waals surface area contributed by atoms with Crippen molar-refractivity contribution in [1.82, 2.24) is 20.0 Å². The van der Waals surface area contributed by atoms with Crippen LogP contribution in [0.3, 0.4) is 0 Å². The Morgan fingerprint density at radius 1 is 1.12 bits per heavy atom. The summed E-state index contributed by atoms with van der Waals surface area (Å²) in [5, 5.41) is 16.6. The van der Waals surface area contributed by atoms with Crippen molar-refractivity contribution in [2.24, 2.45) is 0 Å². The van der Waals surface area contributed by atoms with Crippen LogP contribution in [0.25, 0.3) is 0 Å². The molecule has 0 saturated carbocycles. The summed E-state index contributed by atoms with van der Waals surface area (Å²) >= 11 is 7.02. The van der Waals surface area contributed by atoms with E-state index in [1.807, 2.05) is 26.0 Å². The molecule has 12 heteroatoms. The molecule has 0 aliphatic heterocycles. The van der Waals surface area contributed by atoms with Crippen LogP contribution < -0.4 is 10.0 Å². The molecule has 0 aliphatic rings. The molecule has 0 atom stereocenters. The third-order valence-electron chi connectivity index (χ3n) is 4.55. The largest absolute Gasteiger partial charge is 0.339 e. The monoisotopic (exact) mass is 506 g/mol. The maximum Gasteiger partial charge on any atom is 0.266 e. The van der Waals surface area contributed by atoms with E-state index < -0.39 is 20.7 Å². The zero-order chi connectivity index (χ0) is 23.6. The van der Waals surface area contributed by atoms with Gasteiger partial charge in [0, 0.05) is 28.9 Å². The van der Waals surface area contributed by atoms with Gasteiger partial charge < -0.3 is 5.32 Å². The Morgan fingerprint density at radius 2 is 1.88 bits per heavy atom. The first kappa shape index (κ1) is 23.1. The van der Waals surface area contributed by atoms with Gasteiger partial charge >= 0.3 is 0 Å². The predicted octanol–water partition coefficient (Wildman–Crippen LogP) is 5.24. The van der Waals surface area contributed by atoms with Crippen molar-refractivity contribution in [3.05, 3.63) is 76.1 Å². The summed E-state index contributed by atoms with van der Waals surface area (Å²) in [6.07, 6.45) is 1.78. The highest BCUT2D eigenvalue weighted by Gasteiger charge is 2.22. The highest BCUT2D eigenvalue weighted by Crippen LogP contribution is 2.27. The Hall–Kier alpha value is -3.02. The van der Waals surface area contributed by atoms with E-state index >= 15 is 0 Å². The van der Waals surface area contributed by atoms with Gasteiger partial charge in [-0.2, -0.15) is 5.10 Å². The van der Waals surface area contributed by atoms with Crippen LogP contribution in [0.15, 0.2) is 59.6 Å². The summed E-state index contributed by atoms with van der Waals surface area (Å²) in [5.74, 6) is -0.300. The van der Waals surface area contributed by atoms with E-state index in [0.29, 0.717) is 28.1 Å². The highest BCUT2D eigenvalue weighted by molar-refractivity contribution is 7.93. The van der Waals surface area contributed by atoms with Crippen LogP contribution in [-0.2, 0) is 16.6 Å². The molecule has 4 rings (SSSR count). The van der Waals surface area contributed by atoms with Crippen LogP contribution in [0.5, 0.6) is 0 Å². The number of nitrogens with zero attached hydrogens (tertiary/aromatic N) is 4. The first-order valence-electron chi connectivity index (χ1n) is 9.90. The Bertz CT molecular complexity index is 1370. The predicted molar refractivity (Wildman–Crippen MR) is 127 cm³/mol. The zero-order valence-electron chi connectivity index (χ0n) is 17.7. The highest BCUT2D eigenvalue weighted by atomic mass is 35.5. The van der Waals surface area contributed by atoms with E-state index in [0.717, 1.165) is 23.0 Å². The van der Waals surface area contributed by atoms with Crippen molar-refractivity contribution in [3.8, 4) is 0 Å². The summed E-state index contributed by atoms with van der Waals surface area (Å²) in [6, 6.07) is 12.9. The van der Waals surface area contributed by atoms with Gasteiger partial charge in [-0.25, -0.2) is 12.8 Å². The van der Waals surface area contributed by atoms with Crippen LogP contribution in [0.1, 0.15) is 30.3 Å². The fraction of sp³-hybridized carbons (Fsp3) is 0.190. The van der Waals surface area contributed by atoms with E-state index in [4.69, 9.17) is 11.6 Å². The van der Waals surface area contributed by atoms with Gasteiger partial charge in [0.15, 0.2) is 5.82 Å². The molecule has 0 amide bonds. The lowest BCUT2D eigenvalue weighted by atomic mass is 10.2. The average Bonchev–Trinajstić information content (AvgIpc) is 3.39. The van der Waals surface area contributed by atoms with E-state index in [1.54, 1.807) is 29.1 Å². The summed E-state index contributed by atoms with van der Waals surface area (Å²) in [7, 11) is -4.15. The van der Waals surface area contributed by atoms with Gasteiger partial charge in [-0.3, -0.25) is 9.40 Å². The van der Waals surface area contributed by atoms with Crippen molar-refractivity contribution < 1.29 is 12.8 Å². The fourth-order valence-corrected chi connectivity index (χ4v) is 5.08. The van der Waals surface area contributed by atoms with Crippen LogP contribution in [0.4, 0.5) is 21.0 Å². The fourth-order valence-electron chi connectivity index (χ4n) is 2.92. The number of benzene rings is 2. The van der Waals surface area contributed by atoms with Gasteiger partial charge in [0.05, 0.1) is 6.54 Å². The average molecular weight is 507 g/mol. The minimum absolute atomic E-state index is 0.0894. The van der Waals surface area contributed by atoms with Crippen molar-refractivity contribution >= 4 is 49.6 Å². The maximum atomic E-state index is 14.7. The van der Waals surface area contributed by atoms with E-state index in [2.05, 4.69) is 25.3 Å². The second-order valence-electron chi connectivity index (χ2n) is 7.50. The van der Waals surface area contributed by atoms with E-state index in [-0.39, 0.29) is 11.0 Å². The SMILES string of the molecule is CC(C)c1nnc(NS(=O)(=O)c2ccc(Nc3ccn(Cc4ccc(Cl)cc4)n3)cc2F)s1. The van der Waals surface area contributed by atoms with E-state index in [1.165, 1.54) is 12.1 Å². The minimum Gasteiger partial charge on any atom is -0.339 e. The number of hydrogen-bond acceptors (Lipinski definition) is 7. The molecule has 0 unspecified atom stereocenters. The topological polar surface area (TPSA) is 102 Å². The smallest absolute Gasteiger partial charge is 0.266 e. The molecule has 172 valence electrons. The van der Waals surface area contributed by atoms with Gasteiger partial charge in [0.1, 0.15) is 15.7 Å². The van der Waals surface area contributed by atoms with Crippen molar-refractivity contribution in [3.63, 3.8) is 0 Å². The molecule has 0 bridgehead atoms. The molecule has 0 radical (unpaired) electrons. The molecule has 4 aromatic rings. The number of anilines is 3. The molecule has 2 aromatic carbocycles. The lowest BCUT2D eigenvalue weighted by molar-refractivity contribution is 0.570. The number of rotatable bonds is 8. The minimum atomic E-state index is -4.15. The van der Waals surface area contributed by atoms with Gasteiger partial charge in [0.2, 0.25) is 5.13 Å². The Morgan fingerprint density at radius 3 is 2.55 bits per heavy atom. The second kappa shape index (κ2) is 9.46. The third kappa shape index (κ3) is 5.67. The molecule has 0 spiro atoms. The Labute approximate surface area is 199 Å². The van der Waals surface area contributed by atoms with Gasteiger partial charge in [0.25, 0.3) is 10.0 Å². The summed E-state index contributed by atoms with van der Waals surface area (Å²) in [4.78, 5) is -0.484. The zero-order valence-corrected chi connectivity index (χ0v) is 20.0. The summed E-state index contributed by atoms with van der Waals surface area (Å²) < 4.78 is 43.9. The molecular formula is C21H20ClFN6O2S2. The van der Waals surface area contributed by atoms with Crippen LogP contribution in [-0.4, -0.2) is 28.4 Å². The van der Waals surface area contributed by atoms with Gasteiger partial charge in [-0.1, -0.05) is 48.9 Å². The number of halogens is 2. The number of sulfonamides is 1. The van der Waals surface area contributed by atoms with Crippen molar-refractivity contribution in [2.45, 2.75) is 31.2 Å². The molecule has 2 heterocycles. The molecule has 8 nitrogen and oxygen atoms in total.